The van der Waals surface area contributed by atoms with Crippen LogP contribution in [0.25, 0.3) is 0 Å². The summed E-state index contributed by atoms with van der Waals surface area (Å²) >= 11 is 5.77. The Kier molecular flexibility index (Phi) is 5.39. The molecular weight excluding hydrogens is 290 g/mol. The van der Waals surface area contributed by atoms with Gasteiger partial charge >= 0.3 is 5.97 Å². The number of nitrogens with one attached hydrogen (secondary N) is 1. The van der Waals surface area contributed by atoms with Crippen molar-refractivity contribution in [2.45, 2.75) is 32.3 Å². The second-order valence-electron chi connectivity index (χ2n) is 5.10. The Hall–Kier alpha value is -1.81. The van der Waals surface area contributed by atoms with E-state index < -0.39 is 6.10 Å². The van der Waals surface area contributed by atoms with E-state index >= 15 is 0 Å². The van der Waals surface area contributed by atoms with E-state index in [1.165, 1.54) is 0 Å². The van der Waals surface area contributed by atoms with Crippen LogP contribution in [0.15, 0.2) is 36.4 Å². The lowest BCUT2D eigenvalue weighted by Gasteiger charge is -2.14. The summed E-state index contributed by atoms with van der Waals surface area (Å²) in [4.78, 5) is 23.7. The van der Waals surface area contributed by atoms with E-state index in [0.717, 1.165) is 12.8 Å². The predicted molar refractivity (Wildman–Crippen MR) is 82.1 cm³/mol. The van der Waals surface area contributed by atoms with Crippen LogP contribution in [0.4, 0.5) is 5.69 Å². The third kappa shape index (κ3) is 4.90. The first-order valence-electron chi connectivity index (χ1n) is 6.97. The van der Waals surface area contributed by atoms with Crippen molar-refractivity contribution in [2.75, 3.05) is 5.32 Å². The number of esters is 1. The molecule has 1 amide bonds. The average molecular weight is 308 g/mol. The van der Waals surface area contributed by atoms with E-state index in [1.54, 1.807) is 31.2 Å². The standard InChI is InChI=1S/C16H18ClNO3/c1-11(21-15(19)10-12-4-2-3-5-12)16(20)18-14-8-6-13(17)7-9-14/h2,4,6-9,11-12H,3,5,10H2,1H3,(H,18,20)/t11-,12+/m0/s1. The van der Waals surface area contributed by atoms with Gasteiger partial charge in [0.05, 0.1) is 6.42 Å². The number of halogens is 1. The molecular formula is C16H18ClNO3. The lowest BCUT2D eigenvalue weighted by atomic mass is 10.1. The van der Waals surface area contributed by atoms with Crippen molar-refractivity contribution < 1.29 is 14.3 Å². The molecule has 1 aromatic rings. The van der Waals surface area contributed by atoms with Crippen LogP contribution < -0.4 is 5.32 Å². The van der Waals surface area contributed by atoms with Crippen LogP contribution in [0.2, 0.25) is 5.02 Å². The number of amides is 1. The molecule has 112 valence electrons. The molecule has 1 aromatic carbocycles. The van der Waals surface area contributed by atoms with Gasteiger partial charge in [-0.25, -0.2) is 0 Å². The topological polar surface area (TPSA) is 55.4 Å². The third-order valence-electron chi connectivity index (χ3n) is 3.33. The highest BCUT2D eigenvalue weighted by atomic mass is 35.5. The van der Waals surface area contributed by atoms with Gasteiger partial charge < -0.3 is 10.1 Å². The number of rotatable bonds is 5. The molecule has 0 unspecified atom stereocenters. The molecule has 21 heavy (non-hydrogen) atoms. The van der Waals surface area contributed by atoms with Crippen LogP contribution in [0.5, 0.6) is 0 Å². The first-order chi connectivity index (χ1) is 10.0. The number of hydrogen-bond acceptors (Lipinski definition) is 3. The molecule has 0 aromatic heterocycles. The molecule has 0 saturated carbocycles. The number of ether oxygens (including phenoxy) is 1. The highest BCUT2D eigenvalue weighted by molar-refractivity contribution is 6.30. The van der Waals surface area contributed by atoms with Gasteiger partial charge in [0, 0.05) is 10.7 Å². The number of hydrogen-bond donors (Lipinski definition) is 1. The summed E-state index contributed by atoms with van der Waals surface area (Å²) in [6.07, 6.45) is 5.58. The number of allylic oxidation sites excluding steroid dienone is 2. The minimum absolute atomic E-state index is 0.240. The van der Waals surface area contributed by atoms with Crippen molar-refractivity contribution in [3.63, 3.8) is 0 Å². The fourth-order valence-corrected chi connectivity index (χ4v) is 2.28. The van der Waals surface area contributed by atoms with Crippen molar-refractivity contribution in [1.82, 2.24) is 0 Å². The van der Waals surface area contributed by atoms with E-state index in [2.05, 4.69) is 11.4 Å². The van der Waals surface area contributed by atoms with Gasteiger partial charge in [-0.1, -0.05) is 23.8 Å². The summed E-state index contributed by atoms with van der Waals surface area (Å²) in [7, 11) is 0. The van der Waals surface area contributed by atoms with E-state index in [4.69, 9.17) is 16.3 Å². The molecule has 1 aliphatic rings. The molecule has 0 bridgehead atoms. The second kappa shape index (κ2) is 7.27. The lowest BCUT2D eigenvalue weighted by Crippen LogP contribution is -2.30. The minimum atomic E-state index is -0.821. The molecule has 2 atom stereocenters. The number of carbonyl (C=O) groups is 2. The van der Waals surface area contributed by atoms with Gasteiger partial charge in [-0.15, -0.1) is 0 Å². The molecule has 2 rings (SSSR count). The van der Waals surface area contributed by atoms with E-state index in [-0.39, 0.29) is 17.8 Å². The first kappa shape index (κ1) is 15.6. The Morgan fingerprint density at radius 3 is 2.71 bits per heavy atom. The SMILES string of the molecule is C[C@H](OC(=O)C[C@@H]1C=CCC1)C(=O)Nc1ccc(Cl)cc1. The molecule has 0 radical (unpaired) electrons. The predicted octanol–water partition coefficient (Wildman–Crippen LogP) is 3.57. The zero-order valence-corrected chi connectivity index (χ0v) is 12.6. The molecule has 4 nitrogen and oxygen atoms in total. The summed E-state index contributed by atoms with van der Waals surface area (Å²) < 4.78 is 5.16. The molecule has 0 fully saturated rings. The molecule has 1 aliphatic carbocycles. The Labute approximate surface area is 129 Å². The van der Waals surface area contributed by atoms with Crippen molar-refractivity contribution in [3.8, 4) is 0 Å². The summed E-state index contributed by atoms with van der Waals surface area (Å²) in [6, 6.07) is 6.75. The molecule has 5 heteroatoms. The molecule has 0 spiro atoms. The van der Waals surface area contributed by atoms with Crippen LogP contribution in [0, 0.1) is 5.92 Å². The van der Waals surface area contributed by atoms with Crippen molar-refractivity contribution in [2.24, 2.45) is 5.92 Å². The normalized spacial score (nSPS) is 18.3. The maximum Gasteiger partial charge on any atom is 0.307 e. The van der Waals surface area contributed by atoms with Gasteiger partial charge in [-0.05, 0) is 49.9 Å². The summed E-state index contributed by atoms with van der Waals surface area (Å²) in [6.45, 7) is 1.56. The fourth-order valence-electron chi connectivity index (χ4n) is 2.16. The number of carbonyl (C=O) groups excluding carboxylic acids is 2. The van der Waals surface area contributed by atoms with Crippen molar-refractivity contribution in [3.05, 3.63) is 41.4 Å². The Balaban J connectivity index is 1.80. The van der Waals surface area contributed by atoms with E-state index in [1.807, 2.05) is 6.08 Å². The van der Waals surface area contributed by atoms with Gasteiger partial charge in [0.1, 0.15) is 0 Å². The monoisotopic (exact) mass is 307 g/mol. The van der Waals surface area contributed by atoms with Crippen LogP contribution >= 0.6 is 11.6 Å². The van der Waals surface area contributed by atoms with Gasteiger partial charge in [-0.2, -0.15) is 0 Å². The van der Waals surface area contributed by atoms with Crippen LogP contribution in [0.3, 0.4) is 0 Å². The second-order valence-corrected chi connectivity index (χ2v) is 5.53. The van der Waals surface area contributed by atoms with Gasteiger partial charge in [0.15, 0.2) is 6.10 Å². The van der Waals surface area contributed by atoms with Crippen LogP contribution in [0.1, 0.15) is 26.2 Å². The fraction of sp³-hybridized carbons (Fsp3) is 0.375. The van der Waals surface area contributed by atoms with Crippen LogP contribution in [-0.2, 0) is 14.3 Å². The molecule has 0 heterocycles. The Bertz CT molecular complexity index is 539. The summed E-state index contributed by atoms with van der Waals surface area (Å²) in [5.41, 5.74) is 0.617. The zero-order chi connectivity index (χ0) is 15.2. The largest absolute Gasteiger partial charge is 0.453 e. The highest BCUT2D eigenvalue weighted by Gasteiger charge is 2.21. The Morgan fingerprint density at radius 1 is 1.38 bits per heavy atom. The molecule has 0 aliphatic heterocycles. The van der Waals surface area contributed by atoms with Gasteiger partial charge in [0.2, 0.25) is 0 Å². The maximum absolute atomic E-state index is 11.9. The van der Waals surface area contributed by atoms with Crippen molar-refractivity contribution >= 4 is 29.2 Å². The van der Waals surface area contributed by atoms with E-state index in [0.29, 0.717) is 17.1 Å². The number of anilines is 1. The average Bonchev–Trinajstić information content (AvgIpc) is 2.94. The lowest BCUT2D eigenvalue weighted by molar-refractivity contribution is -0.153. The molecule has 1 N–H and O–H groups in total. The molecule has 0 saturated heterocycles. The van der Waals surface area contributed by atoms with E-state index in [9.17, 15) is 9.59 Å². The highest BCUT2D eigenvalue weighted by Crippen LogP contribution is 2.21. The smallest absolute Gasteiger partial charge is 0.307 e. The third-order valence-corrected chi connectivity index (χ3v) is 3.58. The first-order valence-corrected chi connectivity index (χ1v) is 7.35. The number of benzene rings is 1. The quantitative estimate of drug-likeness (QED) is 0.668. The van der Waals surface area contributed by atoms with Gasteiger partial charge in [0.25, 0.3) is 5.91 Å². The van der Waals surface area contributed by atoms with Crippen LogP contribution in [-0.4, -0.2) is 18.0 Å². The maximum atomic E-state index is 11.9. The summed E-state index contributed by atoms with van der Waals surface area (Å²) in [5.74, 6) is -0.457. The zero-order valence-electron chi connectivity index (χ0n) is 11.8. The van der Waals surface area contributed by atoms with Gasteiger partial charge in [-0.3, -0.25) is 9.59 Å². The minimum Gasteiger partial charge on any atom is -0.453 e. The Morgan fingerprint density at radius 2 is 2.10 bits per heavy atom. The van der Waals surface area contributed by atoms with Crippen molar-refractivity contribution in [1.29, 1.82) is 0 Å². The summed E-state index contributed by atoms with van der Waals surface area (Å²) in [5, 5.41) is 3.27.